The fourth-order valence-corrected chi connectivity index (χ4v) is 2.49. The zero-order valence-electron chi connectivity index (χ0n) is 8.91. The van der Waals surface area contributed by atoms with Crippen molar-refractivity contribution in [2.75, 3.05) is 0 Å². The molecule has 0 bridgehead atoms. The number of rotatable bonds is 3. The predicted octanol–water partition coefficient (Wildman–Crippen LogP) is 3.09. The number of hydrogen-bond donors (Lipinski definition) is 1. The van der Waals surface area contributed by atoms with E-state index in [0.717, 1.165) is 20.9 Å². The van der Waals surface area contributed by atoms with Gasteiger partial charge in [-0.05, 0) is 75.5 Å². The van der Waals surface area contributed by atoms with Gasteiger partial charge < -0.3 is 5.32 Å². The molecule has 1 saturated carbocycles. The summed E-state index contributed by atoms with van der Waals surface area (Å²) in [5, 5.41) is 11.8. The standard InChI is InChI=1S/C12H10BrIN2O/c13-10-4-3-8(14)5-9(10)12(17)16-11(6-15)7-1-2-7/h3-5,7,11H,1-2H2,(H,16,17). The number of halogens is 2. The van der Waals surface area contributed by atoms with Gasteiger partial charge in [-0.25, -0.2) is 0 Å². The second-order valence-electron chi connectivity index (χ2n) is 4.04. The summed E-state index contributed by atoms with van der Waals surface area (Å²) in [6.07, 6.45) is 2.07. The molecule has 0 aliphatic heterocycles. The first kappa shape index (κ1) is 12.8. The van der Waals surface area contributed by atoms with Crippen molar-refractivity contribution in [2.45, 2.75) is 18.9 Å². The number of carbonyl (C=O) groups excluding carboxylic acids is 1. The highest BCUT2D eigenvalue weighted by molar-refractivity contribution is 14.1. The van der Waals surface area contributed by atoms with Gasteiger partial charge in [0.1, 0.15) is 6.04 Å². The molecule has 0 spiro atoms. The Morgan fingerprint density at radius 1 is 1.59 bits per heavy atom. The highest BCUT2D eigenvalue weighted by atomic mass is 127. The number of nitrogens with zero attached hydrogens (tertiary/aromatic N) is 1. The first-order chi connectivity index (χ1) is 8.11. The number of nitrogens with one attached hydrogen (secondary N) is 1. The molecule has 5 heteroatoms. The average Bonchev–Trinajstić information content (AvgIpc) is 3.13. The molecule has 1 aromatic carbocycles. The first-order valence-electron chi connectivity index (χ1n) is 5.27. The van der Waals surface area contributed by atoms with E-state index in [4.69, 9.17) is 5.26 Å². The summed E-state index contributed by atoms with van der Waals surface area (Å²) in [6, 6.07) is 7.37. The Labute approximate surface area is 122 Å². The van der Waals surface area contributed by atoms with Crippen LogP contribution in [-0.4, -0.2) is 11.9 Å². The highest BCUT2D eigenvalue weighted by Crippen LogP contribution is 2.32. The van der Waals surface area contributed by atoms with Crippen molar-refractivity contribution in [2.24, 2.45) is 5.92 Å². The van der Waals surface area contributed by atoms with E-state index < -0.39 is 0 Å². The molecule has 1 amide bonds. The molecular weight excluding hydrogens is 395 g/mol. The number of nitriles is 1. The molecule has 1 aromatic rings. The van der Waals surface area contributed by atoms with E-state index in [2.05, 4.69) is 49.9 Å². The largest absolute Gasteiger partial charge is 0.336 e. The molecule has 1 atom stereocenters. The van der Waals surface area contributed by atoms with E-state index in [1.54, 1.807) is 6.07 Å². The van der Waals surface area contributed by atoms with E-state index in [1.807, 2.05) is 12.1 Å². The van der Waals surface area contributed by atoms with Gasteiger partial charge in [-0.15, -0.1) is 0 Å². The van der Waals surface area contributed by atoms with Gasteiger partial charge in [0.25, 0.3) is 5.91 Å². The van der Waals surface area contributed by atoms with Crippen LogP contribution in [0.2, 0.25) is 0 Å². The van der Waals surface area contributed by atoms with Gasteiger partial charge in [0.05, 0.1) is 11.6 Å². The first-order valence-corrected chi connectivity index (χ1v) is 7.14. The summed E-state index contributed by atoms with van der Waals surface area (Å²) in [5.41, 5.74) is 0.581. The second kappa shape index (κ2) is 5.36. The number of benzene rings is 1. The van der Waals surface area contributed by atoms with Crippen molar-refractivity contribution < 1.29 is 4.79 Å². The van der Waals surface area contributed by atoms with E-state index >= 15 is 0 Å². The van der Waals surface area contributed by atoms with Crippen LogP contribution in [0.3, 0.4) is 0 Å². The molecule has 0 heterocycles. The van der Waals surface area contributed by atoms with Crippen LogP contribution in [0.15, 0.2) is 22.7 Å². The number of carbonyl (C=O) groups is 1. The fourth-order valence-electron chi connectivity index (χ4n) is 1.58. The number of hydrogen-bond acceptors (Lipinski definition) is 2. The maximum Gasteiger partial charge on any atom is 0.253 e. The molecule has 1 fully saturated rings. The summed E-state index contributed by atoms with van der Waals surface area (Å²) in [5.74, 6) is 0.152. The molecular formula is C12H10BrIN2O. The van der Waals surface area contributed by atoms with Crippen LogP contribution in [-0.2, 0) is 0 Å². The summed E-state index contributed by atoms with van der Waals surface area (Å²) in [4.78, 5) is 12.0. The van der Waals surface area contributed by atoms with E-state index in [9.17, 15) is 4.79 Å². The fraction of sp³-hybridized carbons (Fsp3) is 0.333. The van der Waals surface area contributed by atoms with Gasteiger partial charge in [-0.3, -0.25) is 4.79 Å². The van der Waals surface area contributed by atoms with Crippen molar-refractivity contribution in [1.29, 1.82) is 5.26 Å². The van der Waals surface area contributed by atoms with E-state index in [1.165, 1.54) is 0 Å². The topological polar surface area (TPSA) is 52.9 Å². The van der Waals surface area contributed by atoms with E-state index in [-0.39, 0.29) is 11.9 Å². The number of amides is 1. The van der Waals surface area contributed by atoms with Gasteiger partial charge in [0.2, 0.25) is 0 Å². The third-order valence-corrected chi connectivity index (χ3v) is 4.05. The normalized spacial score (nSPS) is 16.1. The Balaban J connectivity index is 2.13. The van der Waals surface area contributed by atoms with Crippen molar-refractivity contribution in [3.05, 3.63) is 31.8 Å². The molecule has 0 radical (unpaired) electrons. The van der Waals surface area contributed by atoms with Gasteiger partial charge in [0.15, 0.2) is 0 Å². The lowest BCUT2D eigenvalue weighted by Gasteiger charge is -2.11. The highest BCUT2D eigenvalue weighted by Gasteiger charge is 2.32. The van der Waals surface area contributed by atoms with Crippen LogP contribution >= 0.6 is 38.5 Å². The van der Waals surface area contributed by atoms with Crippen molar-refractivity contribution >= 4 is 44.4 Å². The van der Waals surface area contributed by atoms with Crippen LogP contribution in [0.4, 0.5) is 0 Å². The van der Waals surface area contributed by atoms with Gasteiger partial charge in [-0.1, -0.05) is 0 Å². The summed E-state index contributed by atoms with van der Waals surface area (Å²) in [6.45, 7) is 0. The van der Waals surface area contributed by atoms with Gasteiger partial charge >= 0.3 is 0 Å². The maximum atomic E-state index is 12.0. The Bertz CT molecular complexity index is 494. The molecule has 1 unspecified atom stereocenters. The molecule has 3 nitrogen and oxygen atoms in total. The SMILES string of the molecule is N#CC(NC(=O)c1cc(I)ccc1Br)C1CC1. The third kappa shape index (κ3) is 3.19. The van der Waals surface area contributed by atoms with Crippen LogP contribution in [0.25, 0.3) is 0 Å². The van der Waals surface area contributed by atoms with Crippen molar-refractivity contribution in [1.82, 2.24) is 5.32 Å². The minimum Gasteiger partial charge on any atom is -0.336 e. The molecule has 0 aromatic heterocycles. The van der Waals surface area contributed by atoms with Crippen LogP contribution in [0.1, 0.15) is 23.2 Å². The molecule has 88 valence electrons. The minimum absolute atomic E-state index is 0.186. The lowest BCUT2D eigenvalue weighted by Crippen LogP contribution is -2.35. The van der Waals surface area contributed by atoms with Crippen molar-refractivity contribution in [3.63, 3.8) is 0 Å². The smallest absolute Gasteiger partial charge is 0.253 e. The lowest BCUT2D eigenvalue weighted by molar-refractivity contribution is 0.0941. The zero-order valence-corrected chi connectivity index (χ0v) is 12.7. The van der Waals surface area contributed by atoms with Gasteiger partial charge in [-0.2, -0.15) is 5.26 Å². The quantitative estimate of drug-likeness (QED) is 0.787. The van der Waals surface area contributed by atoms with E-state index in [0.29, 0.717) is 11.5 Å². The summed E-state index contributed by atoms with van der Waals surface area (Å²) >= 11 is 5.51. The Morgan fingerprint density at radius 2 is 2.29 bits per heavy atom. The molecule has 1 aliphatic carbocycles. The van der Waals surface area contributed by atoms with Crippen LogP contribution < -0.4 is 5.32 Å². The Morgan fingerprint density at radius 3 is 2.88 bits per heavy atom. The van der Waals surface area contributed by atoms with Crippen molar-refractivity contribution in [3.8, 4) is 6.07 Å². The molecule has 1 N–H and O–H groups in total. The van der Waals surface area contributed by atoms with Gasteiger partial charge in [0, 0.05) is 8.04 Å². The Hall–Kier alpha value is -0.610. The zero-order chi connectivity index (χ0) is 12.4. The third-order valence-electron chi connectivity index (χ3n) is 2.69. The monoisotopic (exact) mass is 404 g/mol. The molecule has 0 saturated heterocycles. The maximum absolute atomic E-state index is 12.0. The predicted molar refractivity (Wildman–Crippen MR) is 76.5 cm³/mol. The summed E-state index contributed by atoms with van der Waals surface area (Å²) < 4.78 is 1.75. The molecule has 2 rings (SSSR count). The molecule has 1 aliphatic rings. The minimum atomic E-state index is -0.354. The Kier molecular flexibility index (Phi) is 4.05. The second-order valence-corrected chi connectivity index (χ2v) is 6.14. The van der Waals surface area contributed by atoms with Crippen LogP contribution in [0.5, 0.6) is 0 Å². The lowest BCUT2D eigenvalue weighted by atomic mass is 10.1. The molecule has 17 heavy (non-hydrogen) atoms. The average molecular weight is 405 g/mol. The summed E-state index contributed by atoms with van der Waals surface area (Å²) in [7, 11) is 0. The van der Waals surface area contributed by atoms with Crippen LogP contribution in [0, 0.1) is 20.8 Å².